The fourth-order valence-electron chi connectivity index (χ4n) is 2.05. The summed E-state index contributed by atoms with van der Waals surface area (Å²) in [6, 6.07) is 7.99. The Balaban J connectivity index is 1.72. The molecule has 0 unspecified atom stereocenters. The van der Waals surface area contributed by atoms with Gasteiger partial charge in [0.2, 0.25) is 5.91 Å². The normalized spacial score (nSPS) is 10.5. The Bertz CT molecular complexity index is 714. The highest BCUT2D eigenvalue weighted by atomic mass is 32.2. The lowest BCUT2D eigenvalue weighted by Gasteiger charge is -2.06. The zero-order valence-electron chi connectivity index (χ0n) is 13.5. The second-order valence-electron chi connectivity index (χ2n) is 5.19. The second-order valence-corrected chi connectivity index (χ2v) is 7.31. The minimum atomic E-state index is -0.306. The average molecular weight is 366 g/mol. The van der Waals surface area contributed by atoms with E-state index in [1.807, 2.05) is 19.9 Å². The molecule has 4 nitrogen and oxygen atoms in total. The molecule has 2 N–H and O–H groups in total. The van der Waals surface area contributed by atoms with Crippen molar-refractivity contribution in [3.8, 4) is 0 Å². The summed E-state index contributed by atoms with van der Waals surface area (Å²) < 4.78 is 12.8. The molecule has 0 radical (unpaired) electrons. The van der Waals surface area contributed by atoms with Crippen LogP contribution < -0.4 is 10.9 Å². The van der Waals surface area contributed by atoms with Gasteiger partial charge in [0.25, 0.3) is 5.91 Å². The fraction of sp³-hybridized carbons (Fsp3) is 0.294. The predicted octanol–water partition coefficient (Wildman–Crippen LogP) is 3.45. The standard InChI is InChI=1S/C17H19FN2O2S2/c1-3-14-11(2)8-15(24-14)17(22)20-19-16(21)10-23-9-12-4-6-13(18)7-5-12/h4-8H,3,9-10H2,1-2H3,(H,19,21)(H,20,22). The molecule has 1 aromatic carbocycles. The third-order valence-corrected chi connectivity index (χ3v) is 5.68. The van der Waals surface area contributed by atoms with Crippen molar-refractivity contribution in [1.82, 2.24) is 10.9 Å². The van der Waals surface area contributed by atoms with Gasteiger partial charge in [0, 0.05) is 10.6 Å². The van der Waals surface area contributed by atoms with E-state index in [2.05, 4.69) is 10.9 Å². The Morgan fingerprint density at radius 1 is 1.21 bits per heavy atom. The Hall–Kier alpha value is -1.86. The van der Waals surface area contributed by atoms with Gasteiger partial charge in [-0.3, -0.25) is 20.4 Å². The molecular weight excluding hydrogens is 347 g/mol. The summed E-state index contributed by atoms with van der Waals surface area (Å²) in [4.78, 5) is 25.5. The van der Waals surface area contributed by atoms with Crippen molar-refractivity contribution in [2.24, 2.45) is 0 Å². The number of rotatable bonds is 6. The van der Waals surface area contributed by atoms with E-state index in [1.165, 1.54) is 40.1 Å². The van der Waals surface area contributed by atoms with Gasteiger partial charge < -0.3 is 0 Å². The van der Waals surface area contributed by atoms with Gasteiger partial charge >= 0.3 is 0 Å². The number of halogens is 1. The van der Waals surface area contributed by atoms with E-state index in [0.717, 1.165) is 17.5 Å². The van der Waals surface area contributed by atoms with Crippen LogP contribution in [-0.4, -0.2) is 17.6 Å². The summed E-state index contributed by atoms with van der Waals surface area (Å²) in [5, 5.41) is 0. The molecule has 7 heteroatoms. The van der Waals surface area contributed by atoms with E-state index in [1.54, 1.807) is 12.1 Å². The van der Waals surface area contributed by atoms with Crippen molar-refractivity contribution in [1.29, 1.82) is 0 Å². The van der Waals surface area contributed by atoms with Gasteiger partial charge in [-0.1, -0.05) is 19.1 Å². The van der Waals surface area contributed by atoms with Crippen molar-refractivity contribution in [3.63, 3.8) is 0 Å². The number of hydrogen-bond donors (Lipinski definition) is 2. The third kappa shape index (κ3) is 5.35. The Kier molecular flexibility index (Phi) is 6.81. The third-order valence-electron chi connectivity index (χ3n) is 3.30. The summed E-state index contributed by atoms with van der Waals surface area (Å²) in [6.07, 6.45) is 0.885. The largest absolute Gasteiger partial charge is 0.279 e. The first kappa shape index (κ1) is 18.5. The molecule has 0 aliphatic carbocycles. The summed E-state index contributed by atoms with van der Waals surface area (Å²) in [7, 11) is 0. The predicted molar refractivity (Wildman–Crippen MR) is 96.6 cm³/mol. The molecule has 2 rings (SSSR count). The quantitative estimate of drug-likeness (QED) is 0.770. The smallest absolute Gasteiger partial charge is 0.272 e. The van der Waals surface area contributed by atoms with Gasteiger partial charge in [0.05, 0.1) is 10.6 Å². The van der Waals surface area contributed by atoms with Crippen molar-refractivity contribution in [2.75, 3.05) is 5.75 Å². The number of hydrazine groups is 1. The number of benzene rings is 1. The minimum absolute atomic E-state index is 0.210. The number of carbonyl (C=O) groups excluding carboxylic acids is 2. The van der Waals surface area contributed by atoms with Crippen LogP contribution in [0.15, 0.2) is 30.3 Å². The first-order valence-electron chi connectivity index (χ1n) is 7.50. The zero-order valence-corrected chi connectivity index (χ0v) is 15.2. The number of hydrogen-bond acceptors (Lipinski definition) is 4. The average Bonchev–Trinajstić information content (AvgIpc) is 2.95. The maximum absolute atomic E-state index is 12.8. The van der Waals surface area contributed by atoms with Crippen LogP contribution in [0.2, 0.25) is 0 Å². The van der Waals surface area contributed by atoms with Crippen LogP contribution in [0.25, 0.3) is 0 Å². The molecule has 0 saturated carbocycles. The highest BCUT2D eigenvalue weighted by Gasteiger charge is 2.12. The van der Waals surface area contributed by atoms with Crippen LogP contribution in [0.4, 0.5) is 4.39 Å². The lowest BCUT2D eigenvalue weighted by Crippen LogP contribution is -2.42. The van der Waals surface area contributed by atoms with Crippen LogP contribution in [0.3, 0.4) is 0 Å². The maximum Gasteiger partial charge on any atom is 0.279 e. The van der Waals surface area contributed by atoms with Gasteiger partial charge in [0.15, 0.2) is 0 Å². The zero-order chi connectivity index (χ0) is 17.5. The molecule has 0 atom stereocenters. The molecule has 2 aromatic rings. The second kappa shape index (κ2) is 8.84. The van der Waals surface area contributed by atoms with Crippen LogP contribution >= 0.6 is 23.1 Å². The highest BCUT2D eigenvalue weighted by Crippen LogP contribution is 2.22. The number of thiophene rings is 1. The molecule has 0 saturated heterocycles. The SMILES string of the molecule is CCc1sc(C(=O)NNC(=O)CSCc2ccc(F)cc2)cc1C. The fourth-order valence-corrected chi connectivity index (χ4v) is 3.85. The maximum atomic E-state index is 12.8. The van der Waals surface area contributed by atoms with Crippen LogP contribution in [0, 0.1) is 12.7 Å². The monoisotopic (exact) mass is 366 g/mol. The Morgan fingerprint density at radius 3 is 2.54 bits per heavy atom. The summed E-state index contributed by atoms with van der Waals surface area (Å²) in [5.41, 5.74) is 6.87. The van der Waals surface area contributed by atoms with E-state index in [9.17, 15) is 14.0 Å². The number of nitrogens with one attached hydrogen (secondary N) is 2. The van der Waals surface area contributed by atoms with Crippen LogP contribution in [0.1, 0.15) is 32.6 Å². The summed E-state index contributed by atoms with van der Waals surface area (Å²) >= 11 is 2.83. The Morgan fingerprint density at radius 2 is 1.92 bits per heavy atom. The first-order chi connectivity index (χ1) is 11.5. The van der Waals surface area contributed by atoms with Crippen molar-refractivity contribution in [2.45, 2.75) is 26.0 Å². The molecule has 0 fully saturated rings. The van der Waals surface area contributed by atoms with Gasteiger partial charge in [-0.05, 0) is 42.7 Å². The number of carbonyl (C=O) groups is 2. The number of amides is 2. The van der Waals surface area contributed by atoms with Crippen molar-refractivity contribution >= 4 is 34.9 Å². The highest BCUT2D eigenvalue weighted by molar-refractivity contribution is 7.99. The molecule has 0 spiro atoms. The van der Waals surface area contributed by atoms with Gasteiger partial charge in [-0.2, -0.15) is 0 Å². The molecular formula is C17H19FN2O2S2. The summed E-state index contributed by atoms with van der Waals surface area (Å²) in [6.45, 7) is 4.01. The van der Waals surface area contributed by atoms with E-state index in [0.29, 0.717) is 10.6 Å². The van der Waals surface area contributed by atoms with E-state index < -0.39 is 0 Å². The number of aryl methyl sites for hydroxylation is 2. The van der Waals surface area contributed by atoms with Crippen molar-refractivity contribution < 1.29 is 14.0 Å². The lowest BCUT2D eigenvalue weighted by molar-refractivity contribution is -0.119. The molecule has 0 aliphatic rings. The molecule has 0 bridgehead atoms. The molecule has 1 heterocycles. The van der Waals surface area contributed by atoms with E-state index in [-0.39, 0.29) is 23.4 Å². The lowest BCUT2D eigenvalue weighted by atomic mass is 10.2. The molecule has 24 heavy (non-hydrogen) atoms. The van der Waals surface area contributed by atoms with Crippen LogP contribution in [0.5, 0.6) is 0 Å². The molecule has 0 aliphatic heterocycles. The van der Waals surface area contributed by atoms with Crippen LogP contribution in [-0.2, 0) is 17.0 Å². The molecule has 1 aromatic heterocycles. The number of thioether (sulfide) groups is 1. The summed E-state index contributed by atoms with van der Waals surface area (Å²) in [5.74, 6) is -0.0501. The van der Waals surface area contributed by atoms with Crippen molar-refractivity contribution in [3.05, 3.63) is 57.0 Å². The Labute approximate surface area is 148 Å². The first-order valence-corrected chi connectivity index (χ1v) is 9.47. The minimum Gasteiger partial charge on any atom is -0.272 e. The van der Waals surface area contributed by atoms with Gasteiger partial charge in [0.1, 0.15) is 5.82 Å². The van der Waals surface area contributed by atoms with E-state index in [4.69, 9.17) is 0 Å². The van der Waals surface area contributed by atoms with Gasteiger partial charge in [-0.25, -0.2) is 4.39 Å². The molecule has 2 amide bonds. The van der Waals surface area contributed by atoms with Gasteiger partial charge in [-0.15, -0.1) is 23.1 Å². The van der Waals surface area contributed by atoms with E-state index >= 15 is 0 Å². The molecule has 128 valence electrons. The topological polar surface area (TPSA) is 58.2 Å².